The van der Waals surface area contributed by atoms with Gasteiger partial charge in [-0.2, -0.15) is 5.06 Å². The van der Waals surface area contributed by atoms with Gasteiger partial charge in [-0.1, -0.05) is 20.8 Å². The van der Waals surface area contributed by atoms with E-state index in [1.165, 1.54) is 11.5 Å². The fraction of sp³-hybridized carbons (Fsp3) is 1.00. The summed E-state index contributed by atoms with van der Waals surface area (Å²) in [5.41, 5.74) is 0.334. The van der Waals surface area contributed by atoms with E-state index in [1.807, 2.05) is 0 Å². The lowest BCUT2D eigenvalue weighted by Gasteiger charge is -2.35. The van der Waals surface area contributed by atoms with Crippen LogP contribution >= 0.6 is 0 Å². The predicted molar refractivity (Wildman–Crippen MR) is 54.8 cm³/mol. The summed E-state index contributed by atoms with van der Waals surface area (Å²) in [6, 6.07) is 0. The quantitative estimate of drug-likeness (QED) is 0.679. The standard InChI is InChI=1S/C11H23NO/c1-10(2,3)8-9-6-7-12(13)11(9,4)5/h9,13H,6-8H2,1-5H3. The van der Waals surface area contributed by atoms with Crippen LogP contribution in [0.5, 0.6) is 0 Å². The normalized spacial score (nSPS) is 29.5. The zero-order chi connectivity index (χ0) is 10.3. The van der Waals surface area contributed by atoms with Gasteiger partial charge in [-0.05, 0) is 38.0 Å². The lowest BCUT2D eigenvalue weighted by atomic mass is 9.77. The van der Waals surface area contributed by atoms with Crippen molar-refractivity contribution in [3.63, 3.8) is 0 Å². The van der Waals surface area contributed by atoms with Crippen LogP contribution in [-0.4, -0.2) is 22.4 Å². The molecule has 1 aliphatic heterocycles. The van der Waals surface area contributed by atoms with Gasteiger partial charge in [-0.25, -0.2) is 0 Å². The highest BCUT2D eigenvalue weighted by atomic mass is 16.5. The highest BCUT2D eigenvalue weighted by Crippen LogP contribution is 2.40. The Kier molecular flexibility index (Phi) is 2.75. The Bertz CT molecular complexity index is 181. The van der Waals surface area contributed by atoms with Crippen molar-refractivity contribution in [2.75, 3.05) is 6.54 Å². The summed E-state index contributed by atoms with van der Waals surface area (Å²) in [5, 5.41) is 11.2. The number of hydrogen-bond acceptors (Lipinski definition) is 2. The van der Waals surface area contributed by atoms with Crippen molar-refractivity contribution in [1.29, 1.82) is 0 Å². The molecule has 13 heavy (non-hydrogen) atoms. The van der Waals surface area contributed by atoms with Crippen LogP contribution < -0.4 is 0 Å². The van der Waals surface area contributed by atoms with E-state index in [-0.39, 0.29) is 5.54 Å². The van der Waals surface area contributed by atoms with Gasteiger partial charge in [0.05, 0.1) is 0 Å². The Balaban J connectivity index is 2.63. The fourth-order valence-corrected chi connectivity index (χ4v) is 2.22. The summed E-state index contributed by atoms with van der Waals surface area (Å²) < 4.78 is 0. The van der Waals surface area contributed by atoms with Gasteiger partial charge in [-0.15, -0.1) is 0 Å². The maximum absolute atomic E-state index is 9.66. The van der Waals surface area contributed by atoms with Gasteiger partial charge in [0, 0.05) is 12.1 Å². The minimum Gasteiger partial charge on any atom is -0.313 e. The molecule has 0 aromatic rings. The minimum absolute atomic E-state index is 0.0344. The molecule has 78 valence electrons. The largest absolute Gasteiger partial charge is 0.313 e. The van der Waals surface area contributed by atoms with E-state index in [4.69, 9.17) is 0 Å². The monoisotopic (exact) mass is 185 g/mol. The Morgan fingerprint density at radius 3 is 2.23 bits per heavy atom. The molecule has 1 N–H and O–H groups in total. The fourth-order valence-electron chi connectivity index (χ4n) is 2.22. The number of rotatable bonds is 1. The molecule has 0 amide bonds. The third-order valence-corrected chi connectivity index (χ3v) is 3.21. The molecule has 1 saturated heterocycles. The number of hydroxylamine groups is 2. The van der Waals surface area contributed by atoms with Crippen molar-refractivity contribution < 1.29 is 5.21 Å². The molecular formula is C11H23NO. The number of nitrogens with zero attached hydrogens (tertiary/aromatic N) is 1. The van der Waals surface area contributed by atoms with Crippen molar-refractivity contribution in [3.05, 3.63) is 0 Å². The van der Waals surface area contributed by atoms with E-state index in [1.54, 1.807) is 0 Å². The Morgan fingerprint density at radius 1 is 1.38 bits per heavy atom. The Labute approximate surface area is 81.9 Å². The second-order valence-corrected chi connectivity index (χ2v) is 6.03. The van der Waals surface area contributed by atoms with Crippen LogP contribution in [0.2, 0.25) is 0 Å². The first kappa shape index (κ1) is 11.0. The molecule has 1 aliphatic rings. The first-order valence-electron chi connectivity index (χ1n) is 5.20. The molecule has 0 spiro atoms. The molecule has 0 bridgehead atoms. The molecule has 0 aliphatic carbocycles. The number of hydrogen-bond donors (Lipinski definition) is 1. The maximum atomic E-state index is 9.66. The summed E-state index contributed by atoms with van der Waals surface area (Å²) in [6.07, 6.45) is 2.32. The molecule has 1 fully saturated rings. The highest BCUT2D eigenvalue weighted by molar-refractivity contribution is 4.93. The topological polar surface area (TPSA) is 23.5 Å². The Morgan fingerprint density at radius 2 is 1.92 bits per heavy atom. The van der Waals surface area contributed by atoms with E-state index in [2.05, 4.69) is 34.6 Å². The van der Waals surface area contributed by atoms with Crippen LogP contribution in [0.25, 0.3) is 0 Å². The third-order valence-electron chi connectivity index (χ3n) is 3.21. The van der Waals surface area contributed by atoms with E-state index >= 15 is 0 Å². The summed E-state index contributed by atoms with van der Waals surface area (Å²) >= 11 is 0. The summed E-state index contributed by atoms with van der Waals surface area (Å²) in [5.74, 6) is 0.623. The zero-order valence-corrected chi connectivity index (χ0v) is 9.59. The molecule has 0 aromatic heterocycles. The summed E-state index contributed by atoms with van der Waals surface area (Å²) in [4.78, 5) is 0. The second-order valence-electron chi connectivity index (χ2n) is 6.03. The average Bonchev–Trinajstić information content (AvgIpc) is 2.13. The van der Waals surface area contributed by atoms with Gasteiger partial charge in [0.1, 0.15) is 0 Å². The van der Waals surface area contributed by atoms with Gasteiger partial charge >= 0.3 is 0 Å². The molecule has 1 unspecified atom stereocenters. The van der Waals surface area contributed by atoms with E-state index in [9.17, 15) is 5.21 Å². The molecule has 2 heteroatoms. The third kappa shape index (κ3) is 2.44. The summed E-state index contributed by atoms with van der Waals surface area (Å²) in [6.45, 7) is 11.9. The highest BCUT2D eigenvalue weighted by Gasteiger charge is 2.41. The summed E-state index contributed by atoms with van der Waals surface area (Å²) in [7, 11) is 0. The molecule has 1 atom stereocenters. The van der Waals surface area contributed by atoms with Crippen molar-refractivity contribution in [2.24, 2.45) is 11.3 Å². The van der Waals surface area contributed by atoms with Crippen LogP contribution in [0.4, 0.5) is 0 Å². The van der Waals surface area contributed by atoms with Crippen molar-refractivity contribution in [2.45, 2.75) is 53.0 Å². The minimum atomic E-state index is -0.0344. The molecule has 0 radical (unpaired) electrons. The van der Waals surface area contributed by atoms with E-state index < -0.39 is 0 Å². The van der Waals surface area contributed by atoms with Crippen LogP contribution in [0, 0.1) is 11.3 Å². The first-order valence-corrected chi connectivity index (χ1v) is 5.20. The van der Waals surface area contributed by atoms with Crippen LogP contribution in [0.1, 0.15) is 47.5 Å². The lowest BCUT2D eigenvalue weighted by molar-refractivity contribution is -0.146. The van der Waals surface area contributed by atoms with Gasteiger partial charge in [-0.3, -0.25) is 0 Å². The van der Waals surface area contributed by atoms with Crippen molar-refractivity contribution >= 4 is 0 Å². The van der Waals surface area contributed by atoms with Crippen LogP contribution in [-0.2, 0) is 0 Å². The predicted octanol–water partition coefficient (Wildman–Crippen LogP) is 2.91. The maximum Gasteiger partial charge on any atom is 0.0433 e. The van der Waals surface area contributed by atoms with E-state index in [0.717, 1.165) is 13.0 Å². The van der Waals surface area contributed by atoms with Crippen LogP contribution in [0.15, 0.2) is 0 Å². The van der Waals surface area contributed by atoms with E-state index in [0.29, 0.717) is 11.3 Å². The molecule has 1 heterocycles. The SMILES string of the molecule is CC(C)(C)CC1CCN(O)C1(C)C. The first-order chi connectivity index (χ1) is 5.73. The second kappa shape index (κ2) is 3.25. The Hall–Kier alpha value is -0.0800. The van der Waals surface area contributed by atoms with Gasteiger partial charge < -0.3 is 5.21 Å². The van der Waals surface area contributed by atoms with Gasteiger partial charge in [0.15, 0.2) is 0 Å². The molecule has 1 rings (SSSR count). The zero-order valence-electron chi connectivity index (χ0n) is 9.59. The molecule has 0 saturated carbocycles. The van der Waals surface area contributed by atoms with Crippen LogP contribution in [0.3, 0.4) is 0 Å². The molecule has 0 aromatic carbocycles. The smallest absolute Gasteiger partial charge is 0.0433 e. The van der Waals surface area contributed by atoms with Gasteiger partial charge in [0.2, 0.25) is 0 Å². The van der Waals surface area contributed by atoms with Crippen molar-refractivity contribution in [1.82, 2.24) is 5.06 Å². The lowest BCUT2D eigenvalue weighted by Crippen LogP contribution is -2.41. The van der Waals surface area contributed by atoms with Gasteiger partial charge in [0.25, 0.3) is 0 Å². The average molecular weight is 185 g/mol. The van der Waals surface area contributed by atoms with Crippen molar-refractivity contribution in [3.8, 4) is 0 Å². The molecular weight excluding hydrogens is 162 g/mol. The molecule has 2 nitrogen and oxygen atoms in total.